The molecule has 1 aromatic rings. The monoisotopic (exact) mass is 472 g/mol. The third kappa shape index (κ3) is 4.54. The predicted molar refractivity (Wildman–Crippen MR) is 123 cm³/mol. The molecular formula is C25H32N2O7. The van der Waals surface area contributed by atoms with E-state index in [4.69, 9.17) is 9.47 Å². The van der Waals surface area contributed by atoms with Crippen LogP contribution in [0.5, 0.6) is 11.5 Å². The Morgan fingerprint density at radius 2 is 2.06 bits per heavy atom. The number of carbonyl (C=O) groups excluding carboxylic acids is 2. The van der Waals surface area contributed by atoms with E-state index >= 15 is 0 Å². The number of benzene rings is 1. The number of aliphatic carboxylic acids is 1. The van der Waals surface area contributed by atoms with E-state index < -0.39 is 30.0 Å². The second-order valence-electron chi connectivity index (χ2n) is 9.83. The Morgan fingerprint density at radius 3 is 2.76 bits per heavy atom. The molecule has 4 atom stereocenters. The number of carboxylic acid groups (broad SMARTS) is 1. The molecule has 2 aliphatic heterocycles. The van der Waals surface area contributed by atoms with Crippen LogP contribution in [-0.4, -0.2) is 64.8 Å². The topological polar surface area (TPSA) is 125 Å². The van der Waals surface area contributed by atoms with Gasteiger partial charge in [-0.1, -0.05) is 32.1 Å². The Bertz CT molecular complexity index is 1020. The van der Waals surface area contributed by atoms with E-state index in [0.29, 0.717) is 17.9 Å². The van der Waals surface area contributed by atoms with Crippen LogP contribution in [0.2, 0.25) is 0 Å². The quantitative estimate of drug-likeness (QED) is 0.311. The van der Waals surface area contributed by atoms with Gasteiger partial charge in [-0.2, -0.15) is 0 Å². The molecule has 184 valence electrons. The molecule has 1 spiro atoms. The normalized spacial score (nSPS) is 26.1. The van der Waals surface area contributed by atoms with Gasteiger partial charge in [0, 0.05) is 24.9 Å². The van der Waals surface area contributed by atoms with E-state index in [9.17, 15) is 24.6 Å². The van der Waals surface area contributed by atoms with Crippen LogP contribution in [-0.2, 0) is 26.3 Å². The summed E-state index contributed by atoms with van der Waals surface area (Å²) in [6, 6.07) is 2.65. The van der Waals surface area contributed by atoms with E-state index in [1.54, 1.807) is 19.9 Å². The Labute approximate surface area is 198 Å². The van der Waals surface area contributed by atoms with E-state index in [-0.39, 0.29) is 30.3 Å². The summed E-state index contributed by atoms with van der Waals surface area (Å²) < 4.78 is 11.9. The summed E-state index contributed by atoms with van der Waals surface area (Å²) >= 11 is 0. The standard InChI is InChI=1S/C25H32N2O7/c1-14(2)22(24(31)32)26-19(29)6-7-20(30)33-17-5-4-15-13-27(3)11-10-25-9-8-16(28)12-18(25)34-23(17)21(15)25/h4-5,8-9,14,16,18,22,28H,6-7,10-13H2,1-3H3,(H,26,29)(H,31,32)/t16?,18-,22?,25?/m0/s1. The number of amides is 1. The van der Waals surface area contributed by atoms with Crippen LogP contribution in [0.4, 0.5) is 0 Å². The molecule has 0 fully saturated rings. The molecule has 4 rings (SSSR count). The van der Waals surface area contributed by atoms with Crippen LogP contribution < -0.4 is 14.8 Å². The first-order valence-corrected chi connectivity index (χ1v) is 11.7. The molecule has 1 aromatic carbocycles. The van der Waals surface area contributed by atoms with E-state index in [1.807, 2.05) is 18.2 Å². The van der Waals surface area contributed by atoms with Gasteiger partial charge in [-0.3, -0.25) is 9.59 Å². The summed E-state index contributed by atoms with van der Waals surface area (Å²) in [5.74, 6) is -1.69. The van der Waals surface area contributed by atoms with Gasteiger partial charge >= 0.3 is 11.9 Å². The van der Waals surface area contributed by atoms with Crippen molar-refractivity contribution in [3.05, 3.63) is 35.4 Å². The maximum absolute atomic E-state index is 12.6. The van der Waals surface area contributed by atoms with Crippen LogP contribution in [0.1, 0.15) is 50.7 Å². The van der Waals surface area contributed by atoms with Gasteiger partial charge < -0.3 is 29.9 Å². The smallest absolute Gasteiger partial charge is 0.326 e. The number of hydrogen-bond acceptors (Lipinski definition) is 7. The molecule has 0 bridgehead atoms. The molecule has 9 heteroatoms. The lowest BCUT2D eigenvalue weighted by Gasteiger charge is -2.35. The highest BCUT2D eigenvalue weighted by atomic mass is 16.6. The summed E-state index contributed by atoms with van der Waals surface area (Å²) in [5, 5.41) is 21.9. The average molecular weight is 473 g/mol. The van der Waals surface area contributed by atoms with E-state index in [1.165, 1.54) is 0 Å². The molecule has 1 aliphatic carbocycles. The summed E-state index contributed by atoms with van der Waals surface area (Å²) in [4.78, 5) is 38.3. The van der Waals surface area contributed by atoms with E-state index in [0.717, 1.165) is 30.6 Å². The molecule has 0 radical (unpaired) electrons. The van der Waals surface area contributed by atoms with Crippen molar-refractivity contribution in [1.29, 1.82) is 0 Å². The van der Waals surface area contributed by atoms with Gasteiger partial charge in [0.25, 0.3) is 0 Å². The fourth-order valence-corrected chi connectivity index (χ4v) is 5.15. The maximum Gasteiger partial charge on any atom is 0.326 e. The largest absolute Gasteiger partial charge is 0.485 e. The summed E-state index contributed by atoms with van der Waals surface area (Å²) in [6.45, 7) is 5.01. The number of nitrogens with one attached hydrogen (secondary N) is 1. The molecule has 0 saturated carbocycles. The minimum absolute atomic E-state index is 0.178. The Hall–Kier alpha value is -2.91. The first kappa shape index (κ1) is 24.2. The fraction of sp³-hybridized carbons (Fsp3) is 0.560. The van der Waals surface area contributed by atoms with Crippen molar-refractivity contribution in [3.63, 3.8) is 0 Å². The van der Waals surface area contributed by atoms with Crippen molar-refractivity contribution in [2.24, 2.45) is 5.92 Å². The second-order valence-corrected chi connectivity index (χ2v) is 9.83. The molecule has 34 heavy (non-hydrogen) atoms. The average Bonchev–Trinajstić information content (AvgIpc) is 3.03. The van der Waals surface area contributed by atoms with Gasteiger partial charge in [0.1, 0.15) is 12.1 Å². The first-order chi connectivity index (χ1) is 16.1. The maximum atomic E-state index is 12.6. The fourth-order valence-electron chi connectivity index (χ4n) is 5.15. The molecule has 3 aliphatic rings. The van der Waals surface area contributed by atoms with Crippen LogP contribution in [0, 0.1) is 5.92 Å². The van der Waals surface area contributed by atoms with Crippen LogP contribution in [0.25, 0.3) is 0 Å². The number of carboxylic acids is 1. The molecule has 3 N–H and O–H groups in total. The number of hydrogen-bond donors (Lipinski definition) is 3. The summed E-state index contributed by atoms with van der Waals surface area (Å²) in [6.07, 6.45) is 3.96. The molecule has 0 aromatic heterocycles. The lowest BCUT2D eigenvalue weighted by molar-refractivity contribution is -0.143. The summed E-state index contributed by atoms with van der Waals surface area (Å²) in [5.41, 5.74) is 1.74. The molecule has 3 unspecified atom stereocenters. The number of aliphatic hydroxyl groups excluding tert-OH is 1. The number of nitrogens with zero attached hydrogens (tertiary/aromatic N) is 1. The first-order valence-electron chi connectivity index (χ1n) is 11.7. The van der Waals surface area contributed by atoms with Gasteiger partial charge in [0.15, 0.2) is 11.5 Å². The Balaban J connectivity index is 1.50. The molecular weight excluding hydrogens is 440 g/mol. The van der Waals surface area contributed by atoms with Crippen molar-refractivity contribution in [1.82, 2.24) is 10.2 Å². The molecule has 0 saturated heterocycles. The van der Waals surface area contributed by atoms with Crippen molar-refractivity contribution in [2.75, 3.05) is 13.6 Å². The van der Waals surface area contributed by atoms with Gasteiger partial charge in [0.05, 0.1) is 17.9 Å². The number of carbonyl (C=O) groups is 3. The highest BCUT2D eigenvalue weighted by Crippen LogP contribution is 2.55. The molecule has 1 amide bonds. The number of esters is 1. The van der Waals surface area contributed by atoms with Gasteiger partial charge in [-0.15, -0.1) is 0 Å². The van der Waals surface area contributed by atoms with Crippen LogP contribution in [0.3, 0.4) is 0 Å². The lowest BCUT2D eigenvalue weighted by atomic mass is 9.69. The van der Waals surface area contributed by atoms with Crippen molar-refractivity contribution < 1.29 is 34.1 Å². The SMILES string of the molecule is CC(C)C(NC(=O)CCC(=O)Oc1ccc2c3c1O[C@H]1CC(O)C=CC31CCN(C)C2)C(=O)O. The van der Waals surface area contributed by atoms with E-state index in [2.05, 4.69) is 17.3 Å². The molecule has 9 nitrogen and oxygen atoms in total. The highest BCUT2D eigenvalue weighted by molar-refractivity contribution is 5.86. The Morgan fingerprint density at radius 1 is 1.29 bits per heavy atom. The van der Waals surface area contributed by atoms with Gasteiger partial charge in [0.2, 0.25) is 5.91 Å². The third-order valence-electron chi connectivity index (χ3n) is 6.96. The minimum Gasteiger partial charge on any atom is -0.485 e. The summed E-state index contributed by atoms with van der Waals surface area (Å²) in [7, 11) is 2.06. The second kappa shape index (κ2) is 9.38. The molecule has 2 heterocycles. The van der Waals surface area contributed by atoms with Crippen LogP contribution >= 0.6 is 0 Å². The lowest BCUT2D eigenvalue weighted by Crippen LogP contribution is -2.44. The van der Waals surface area contributed by atoms with Crippen molar-refractivity contribution in [2.45, 2.75) is 69.7 Å². The number of aliphatic hydroxyl groups is 1. The number of rotatable bonds is 7. The zero-order valence-electron chi connectivity index (χ0n) is 19.7. The Kier molecular flexibility index (Phi) is 6.69. The zero-order valence-corrected chi connectivity index (χ0v) is 19.7. The number of ether oxygens (including phenoxy) is 2. The highest BCUT2D eigenvalue weighted by Gasteiger charge is 2.52. The minimum atomic E-state index is -1.11. The van der Waals surface area contributed by atoms with Crippen molar-refractivity contribution in [3.8, 4) is 11.5 Å². The van der Waals surface area contributed by atoms with Gasteiger partial charge in [-0.25, -0.2) is 4.79 Å². The van der Waals surface area contributed by atoms with Gasteiger partial charge in [-0.05, 0) is 37.6 Å². The van der Waals surface area contributed by atoms with Crippen molar-refractivity contribution >= 4 is 17.8 Å². The third-order valence-corrected chi connectivity index (χ3v) is 6.96. The predicted octanol–water partition coefficient (Wildman–Crippen LogP) is 1.75. The zero-order chi connectivity index (χ0) is 24.6. The van der Waals surface area contributed by atoms with Crippen LogP contribution in [0.15, 0.2) is 24.3 Å².